The van der Waals surface area contributed by atoms with E-state index in [1.54, 1.807) is 19.9 Å². The number of benzene rings is 2. The topological polar surface area (TPSA) is 74.3 Å². The van der Waals surface area contributed by atoms with Crippen molar-refractivity contribution in [1.82, 2.24) is 0 Å². The molecule has 2 aromatic rings. The first kappa shape index (κ1) is 54.1. The maximum Gasteiger partial charge on any atom is 0.338 e. The van der Waals surface area contributed by atoms with Crippen molar-refractivity contribution in [3.05, 3.63) is 107 Å². The fraction of sp³-hybridized carbons (Fsp3) is 0.566. The molecule has 6 rings (SSSR count). The first-order valence-corrected chi connectivity index (χ1v) is 22.3. The van der Waals surface area contributed by atoms with Gasteiger partial charge in [0.25, 0.3) is 0 Å². The molecule has 0 bridgehead atoms. The van der Waals surface area contributed by atoms with E-state index in [1.165, 1.54) is 43.7 Å². The number of anilines is 1. The Morgan fingerprint density at radius 1 is 0.983 bits per heavy atom. The van der Waals surface area contributed by atoms with E-state index in [0.717, 1.165) is 87.3 Å². The fourth-order valence-electron chi connectivity index (χ4n) is 5.82. The van der Waals surface area contributed by atoms with Crippen molar-refractivity contribution in [3.63, 3.8) is 0 Å². The number of allylic oxidation sites excluding steroid dienone is 4. The van der Waals surface area contributed by atoms with E-state index in [4.69, 9.17) is 25.4 Å². The number of ketones is 1. The van der Waals surface area contributed by atoms with Gasteiger partial charge in [0.2, 0.25) is 0 Å². The van der Waals surface area contributed by atoms with E-state index >= 15 is 0 Å². The number of terminal acetylenes is 1. The SMILES string of the molecule is C#CC(c1cc(C)cc(N2CCOCC2)c1)c1cc(C(=O)OCC)ccc1C.C=C(C)C(C)=O.CC(C)(C)C1C=C1.CC1CCCCO1.CCC.CCCOCCC1=C[CH]1.[HH]. The van der Waals surface area contributed by atoms with Crippen LogP contribution in [0.4, 0.5) is 5.69 Å². The zero-order valence-corrected chi connectivity index (χ0v) is 39.6. The lowest BCUT2D eigenvalue weighted by atomic mass is 9.87. The Bertz CT molecular complexity index is 1650. The molecule has 335 valence electrons. The second-order valence-corrected chi connectivity index (χ2v) is 16.9. The average molecular weight is 829 g/mol. The number of hydrogen-bond donors (Lipinski definition) is 0. The van der Waals surface area contributed by atoms with E-state index in [0.29, 0.717) is 29.3 Å². The molecule has 2 aliphatic heterocycles. The molecule has 0 N–H and O–H groups in total. The van der Waals surface area contributed by atoms with Crippen LogP contribution in [-0.4, -0.2) is 70.6 Å². The Labute approximate surface area is 367 Å². The number of carbonyl (C=O) groups excluding carboxylic acids is 2. The summed E-state index contributed by atoms with van der Waals surface area (Å²) in [5, 5.41) is 0. The molecule has 7 heteroatoms. The van der Waals surface area contributed by atoms with Crippen LogP contribution >= 0.6 is 0 Å². The van der Waals surface area contributed by atoms with Crippen LogP contribution in [0, 0.1) is 43.9 Å². The summed E-state index contributed by atoms with van der Waals surface area (Å²) >= 11 is 0. The highest BCUT2D eigenvalue weighted by Crippen LogP contribution is 2.36. The van der Waals surface area contributed by atoms with Crippen LogP contribution in [0.5, 0.6) is 0 Å². The molecule has 0 saturated carbocycles. The number of ether oxygens (including phenoxy) is 4. The summed E-state index contributed by atoms with van der Waals surface area (Å²) in [4.78, 5) is 24.6. The molecular weight excluding hydrogens is 747 g/mol. The second kappa shape index (κ2) is 30.1. The Kier molecular flexibility index (Phi) is 27.1. The molecule has 2 aromatic carbocycles. The molecule has 2 fully saturated rings. The van der Waals surface area contributed by atoms with Gasteiger partial charge in [-0.2, -0.15) is 0 Å². The minimum absolute atomic E-state index is 0. The summed E-state index contributed by atoms with van der Waals surface area (Å²) in [6, 6.07) is 12.1. The van der Waals surface area contributed by atoms with Crippen LogP contribution in [0.25, 0.3) is 0 Å². The monoisotopic (exact) mass is 829 g/mol. The maximum atomic E-state index is 12.2. The standard InChI is InChI=1S/C24H27NO3.C8H13O.C7H12.C6H12O.C5H8O.C3H8.H2/c1-5-22(23-16-19(8-7-18(23)4)24(26)28-6-2)20-13-17(3)14-21(15-20)25-9-11-27-12-10-25;1-2-6-9-7-5-8-3-4-8;1-7(2,3)6-4-5-6;1-6-4-2-3-5-7-6;1-4(2)5(3)6;1-3-2;/h1,7-8,13-16,22H,6,9-12H2,2-4H3;3-4H,2,5-7H2,1H3;4-6H,1-3H3;6H,2-5H2,1H3;1H2,2-3H3;3H2,1-2H3;1H. The number of Topliss-reactive ketones (excluding diaryl/α,β-unsaturated/α-hetero) is 1. The zero-order chi connectivity index (χ0) is 45.1. The lowest BCUT2D eigenvalue weighted by Gasteiger charge is -2.30. The Morgan fingerprint density at radius 2 is 1.62 bits per heavy atom. The van der Waals surface area contributed by atoms with Crippen LogP contribution in [0.1, 0.15) is 148 Å². The largest absolute Gasteiger partial charge is 0.462 e. The van der Waals surface area contributed by atoms with E-state index in [-0.39, 0.29) is 19.1 Å². The molecule has 4 aliphatic rings. The average Bonchev–Trinajstić information content (AvgIpc) is 4.15. The number of hydrogen-bond acceptors (Lipinski definition) is 7. The first-order chi connectivity index (χ1) is 28.5. The first-order valence-electron chi connectivity index (χ1n) is 22.3. The van der Waals surface area contributed by atoms with Crippen molar-refractivity contribution in [2.24, 2.45) is 11.3 Å². The van der Waals surface area contributed by atoms with Crippen LogP contribution in [0.2, 0.25) is 0 Å². The van der Waals surface area contributed by atoms with Crippen LogP contribution in [0.3, 0.4) is 0 Å². The lowest BCUT2D eigenvalue weighted by molar-refractivity contribution is -0.113. The fourth-order valence-corrected chi connectivity index (χ4v) is 5.82. The van der Waals surface area contributed by atoms with E-state index in [2.05, 4.69) is 116 Å². The smallest absolute Gasteiger partial charge is 0.338 e. The lowest BCUT2D eigenvalue weighted by Crippen LogP contribution is -2.36. The number of morpholine rings is 1. The molecule has 2 aliphatic carbocycles. The molecule has 2 saturated heterocycles. The molecule has 0 spiro atoms. The Balaban J connectivity index is 0.000000880. The van der Waals surface area contributed by atoms with E-state index in [9.17, 15) is 9.59 Å². The van der Waals surface area contributed by atoms with Gasteiger partial charge >= 0.3 is 5.97 Å². The molecule has 0 aromatic heterocycles. The zero-order valence-electron chi connectivity index (χ0n) is 39.6. The van der Waals surface area contributed by atoms with Gasteiger partial charge in [-0.15, -0.1) is 6.42 Å². The molecule has 60 heavy (non-hydrogen) atoms. The number of nitrogens with zero attached hydrogens (tertiary/aromatic N) is 1. The Morgan fingerprint density at radius 3 is 2.05 bits per heavy atom. The minimum Gasteiger partial charge on any atom is -0.462 e. The van der Waals surface area contributed by atoms with Crippen molar-refractivity contribution >= 4 is 17.4 Å². The highest BCUT2D eigenvalue weighted by atomic mass is 16.5. The van der Waals surface area contributed by atoms with Gasteiger partial charge in [-0.1, -0.05) is 96.4 Å². The third kappa shape index (κ3) is 23.7. The molecule has 2 unspecified atom stereocenters. The van der Waals surface area contributed by atoms with Gasteiger partial charge in [-0.05, 0) is 137 Å². The molecule has 1 radical (unpaired) electrons. The second-order valence-electron chi connectivity index (χ2n) is 16.9. The molecule has 0 amide bonds. The highest BCUT2D eigenvalue weighted by Gasteiger charge is 2.26. The van der Waals surface area contributed by atoms with Crippen LogP contribution in [0.15, 0.2) is 72.4 Å². The summed E-state index contributed by atoms with van der Waals surface area (Å²) in [6.07, 6.45) is 22.7. The van der Waals surface area contributed by atoms with E-state index < -0.39 is 0 Å². The molecule has 2 heterocycles. The van der Waals surface area contributed by atoms with Gasteiger partial charge < -0.3 is 23.8 Å². The normalized spacial score (nSPS) is 16.6. The van der Waals surface area contributed by atoms with Crippen molar-refractivity contribution in [3.8, 4) is 12.3 Å². The number of aryl methyl sites for hydroxylation is 2. The number of rotatable bonds is 11. The predicted octanol–water partition coefficient (Wildman–Crippen LogP) is 12.6. The summed E-state index contributed by atoms with van der Waals surface area (Å²) in [6.45, 7) is 34.2. The van der Waals surface area contributed by atoms with Crippen molar-refractivity contribution in [1.29, 1.82) is 0 Å². The van der Waals surface area contributed by atoms with Crippen molar-refractivity contribution < 1.29 is 30.0 Å². The summed E-state index contributed by atoms with van der Waals surface area (Å²) in [7, 11) is 0. The number of carbonyl (C=O) groups is 2. The third-order valence-corrected chi connectivity index (χ3v) is 9.74. The van der Waals surface area contributed by atoms with Crippen molar-refractivity contribution in [2.75, 3.05) is 57.6 Å². The molecular formula is C53H82NO6. The van der Waals surface area contributed by atoms with Gasteiger partial charge in [0.15, 0.2) is 5.78 Å². The van der Waals surface area contributed by atoms with Gasteiger partial charge in [0.05, 0.1) is 44.0 Å². The highest BCUT2D eigenvalue weighted by molar-refractivity contribution is 5.91. The Hall–Kier alpha value is -3.96. The van der Waals surface area contributed by atoms with Gasteiger partial charge in [-0.3, -0.25) is 4.79 Å². The summed E-state index contributed by atoms with van der Waals surface area (Å²) in [5.74, 6) is 3.25. The van der Waals surface area contributed by atoms with Crippen LogP contribution in [-0.2, 0) is 23.7 Å². The number of esters is 1. The summed E-state index contributed by atoms with van der Waals surface area (Å²) in [5.41, 5.74) is 8.52. The van der Waals surface area contributed by atoms with Gasteiger partial charge in [-0.25, -0.2) is 4.79 Å². The molecule has 7 nitrogen and oxygen atoms in total. The maximum absolute atomic E-state index is 12.2. The molecule has 2 atom stereocenters. The van der Waals surface area contributed by atoms with Gasteiger partial charge in [0, 0.05) is 39.8 Å². The quantitative estimate of drug-likeness (QED) is 0.0734. The minimum atomic E-state index is -0.322. The third-order valence-electron chi connectivity index (χ3n) is 9.74. The van der Waals surface area contributed by atoms with E-state index in [1.807, 2.05) is 19.1 Å². The van der Waals surface area contributed by atoms with Crippen molar-refractivity contribution in [2.45, 2.75) is 134 Å². The van der Waals surface area contributed by atoms with Crippen LogP contribution < -0.4 is 4.90 Å². The van der Waals surface area contributed by atoms with Gasteiger partial charge in [0.1, 0.15) is 0 Å². The summed E-state index contributed by atoms with van der Waals surface area (Å²) < 4.78 is 21.2. The predicted molar refractivity (Wildman–Crippen MR) is 255 cm³/mol.